The highest BCUT2D eigenvalue weighted by atomic mass is 32.3. The molecule has 0 aliphatic rings. The fourth-order valence-corrected chi connectivity index (χ4v) is 0. The molecule has 7 heteroatoms. The van der Waals surface area contributed by atoms with Crippen molar-refractivity contribution in [3.63, 3.8) is 0 Å². The Hall–Kier alpha value is -0.210. The molecule has 10 heavy (non-hydrogen) atoms. The number of aliphatic hydroxyl groups is 2. The molecular formula is C3H10O6S. The van der Waals surface area contributed by atoms with Gasteiger partial charge in [0.25, 0.3) is 0 Å². The number of hydrogen-bond donors (Lipinski definition) is 4. The molecule has 4 N–H and O–H groups in total. The highest BCUT2D eigenvalue weighted by Gasteiger charge is 1.84. The van der Waals surface area contributed by atoms with Crippen LogP contribution in [0.4, 0.5) is 0 Å². The first kappa shape index (κ1) is 12.5. The van der Waals surface area contributed by atoms with Gasteiger partial charge in [-0.2, -0.15) is 8.42 Å². The van der Waals surface area contributed by atoms with Gasteiger partial charge in [0, 0.05) is 0 Å². The van der Waals surface area contributed by atoms with E-state index in [4.69, 9.17) is 27.7 Å². The maximum absolute atomic E-state index is 8.74. The lowest BCUT2D eigenvalue weighted by Crippen LogP contribution is -2.03. The Kier molecular flexibility index (Phi) is 6.94. The summed E-state index contributed by atoms with van der Waals surface area (Å²) in [6.07, 6.45) is -0.560. The van der Waals surface area contributed by atoms with Crippen LogP contribution in [0, 0.1) is 0 Å². The van der Waals surface area contributed by atoms with E-state index < -0.39 is 16.5 Å². The van der Waals surface area contributed by atoms with Crippen LogP contribution in [0.25, 0.3) is 0 Å². The zero-order chi connectivity index (χ0) is 8.78. The Balaban J connectivity index is 0. The summed E-state index contributed by atoms with van der Waals surface area (Å²) in [5.74, 6) is 0. The topological polar surface area (TPSA) is 115 Å². The summed E-state index contributed by atoms with van der Waals surface area (Å²) >= 11 is 0. The molecule has 64 valence electrons. The van der Waals surface area contributed by atoms with Crippen LogP contribution in [-0.2, 0) is 10.4 Å². The van der Waals surface area contributed by atoms with E-state index in [0.717, 1.165) is 0 Å². The molecule has 0 spiro atoms. The number of hydrogen-bond acceptors (Lipinski definition) is 4. The fraction of sp³-hybridized carbons (Fsp3) is 1.00. The van der Waals surface area contributed by atoms with Gasteiger partial charge in [0.1, 0.15) is 0 Å². The molecule has 0 saturated carbocycles. The van der Waals surface area contributed by atoms with Crippen molar-refractivity contribution in [3.8, 4) is 0 Å². The van der Waals surface area contributed by atoms with Gasteiger partial charge in [-0.25, -0.2) is 0 Å². The largest absolute Gasteiger partial charge is 0.394 e. The third-order valence-electron chi connectivity index (χ3n) is 0.264. The van der Waals surface area contributed by atoms with Gasteiger partial charge in [-0.15, -0.1) is 0 Å². The van der Waals surface area contributed by atoms with E-state index in [-0.39, 0.29) is 6.61 Å². The molecule has 0 rings (SSSR count). The highest BCUT2D eigenvalue weighted by Crippen LogP contribution is 1.68. The summed E-state index contributed by atoms with van der Waals surface area (Å²) in [7, 11) is -4.67. The molecule has 1 atom stereocenters. The van der Waals surface area contributed by atoms with Gasteiger partial charge >= 0.3 is 10.4 Å². The molecule has 0 bridgehead atoms. The Bertz CT molecular complexity index is 138. The Morgan fingerprint density at radius 2 is 1.50 bits per heavy atom. The van der Waals surface area contributed by atoms with Crippen LogP contribution < -0.4 is 0 Å². The standard InChI is InChI=1S/C3H8O2.H2O4S/c1-3(5)2-4;1-5(2,3)4/h3-5H,2H2,1H3;(H2,1,2,3,4). The molecular weight excluding hydrogens is 164 g/mol. The maximum atomic E-state index is 8.74. The van der Waals surface area contributed by atoms with E-state index in [1.54, 1.807) is 0 Å². The van der Waals surface area contributed by atoms with Gasteiger partial charge in [-0.1, -0.05) is 0 Å². The Morgan fingerprint density at radius 1 is 1.40 bits per heavy atom. The van der Waals surface area contributed by atoms with Crippen LogP contribution in [-0.4, -0.2) is 40.4 Å². The van der Waals surface area contributed by atoms with Crippen LogP contribution in [0.3, 0.4) is 0 Å². The van der Waals surface area contributed by atoms with E-state index >= 15 is 0 Å². The summed E-state index contributed by atoms with van der Waals surface area (Å²) in [5.41, 5.74) is 0. The summed E-state index contributed by atoms with van der Waals surface area (Å²) < 4.78 is 31.6. The van der Waals surface area contributed by atoms with Crippen LogP contribution in [0.2, 0.25) is 0 Å². The molecule has 0 aromatic rings. The smallest absolute Gasteiger partial charge is 0.394 e. The summed E-state index contributed by atoms with van der Waals surface area (Å²) in [5, 5.41) is 16.0. The molecule has 6 nitrogen and oxygen atoms in total. The predicted molar refractivity (Wildman–Crippen MR) is 32.9 cm³/mol. The van der Waals surface area contributed by atoms with Crippen LogP contribution in [0.15, 0.2) is 0 Å². The molecule has 0 saturated heterocycles. The molecule has 0 aromatic heterocycles. The second-order valence-electron chi connectivity index (χ2n) is 1.48. The molecule has 0 aliphatic heterocycles. The Morgan fingerprint density at radius 3 is 1.50 bits per heavy atom. The molecule has 1 unspecified atom stereocenters. The van der Waals surface area contributed by atoms with E-state index in [1.807, 2.05) is 0 Å². The minimum absolute atomic E-state index is 0.139. The molecule has 0 aromatic carbocycles. The lowest BCUT2D eigenvalue weighted by atomic mass is 10.5. The lowest BCUT2D eigenvalue weighted by molar-refractivity contribution is 0.110. The Labute approximate surface area is 58.7 Å². The van der Waals surface area contributed by atoms with Crippen LogP contribution in [0.1, 0.15) is 6.92 Å². The number of rotatable bonds is 1. The van der Waals surface area contributed by atoms with Crippen molar-refractivity contribution in [2.45, 2.75) is 13.0 Å². The minimum atomic E-state index is -4.67. The molecule has 0 amide bonds. The molecule has 0 heterocycles. The second-order valence-corrected chi connectivity index (χ2v) is 2.38. The average Bonchev–Trinajstić information content (AvgIpc) is 1.61. The lowest BCUT2D eigenvalue weighted by Gasteiger charge is -1.90. The van der Waals surface area contributed by atoms with Gasteiger partial charge in [0.05, 0.1) is 12.7 Å². The van der Waals surface area contributed by atoms with Gasteiger partial charge < -0.3 is 10.2 Å². The first-order chi connectivity index (χ1) is 4.27. The molecule has 0 aliphatic carbocycles. The van der Waals surface area contributed by atoms with Gasteiger partial charge in [0.2, 0.25) is 0 Å². The van der Waals surface area contributed by atoms with Crippen molar-refractivity contribution >= 4 is 10.4 Å². The van der Waals surface area contributed by atoms with Crippen molar-refractivity contribution in [2.75, 3.05) is 6.61 Å². The van der Waals surface area contributed by atoms with Crippen molar-refractivity contribution in [1.82, 2.24) is 0 Å². The average molecular weight is 174 g/mol. The first-order valence-corrected chi connectivity index (χ1v) is 3.66. The molecule has 0 fully saturated rings. The summed E-state index contributed by atoms with van der Waals surface area (Å²) in [4.78, 5) is 0. The summed E-state index contributed by atoms with van der Waals surface area (Å²) in [6.45, 7) is 1.39. The quantitative estimate of drug-likeness (QED) is 0.367. The zero-order valence-corrected chi connectivity index (χ0v) is 6.11. The maximum Gasteiger partial charge on any atom is 0.394 e. The van der Waals surface area contributed by atoms with Crippen molar-refractivity contribution < 1.29 is 27.7 Å². The van der Waals surface area contributed by atoms with E-state index in [9.17, 15) is 0 Å². The second kappa shape index (κ2) is 5.57. The van der Waals surface area contributed by atoms with E-state index in [2.05, 4.69) is 0 Å². The van der Waals surface area contributed by atoms with E-state index in [1.165, 1.54) is 6.92 Å². The minimum Gasteiger partial charge on any atom is -0.394 e. The third kappa shape index (κ3) is 112. The van der Waals surface area contributed by atoms with Crippen LogP contribution in [0.5, 0.6) is 0 Å². The van der Waals surface area contributed by atoms with Crippen molar-refractivity contribution in [1.29, 1.82) is 0 Å². The highest BCUT2D eigenvalue weighted by molar-refractivity contribution is 7.79. The van der Waals surface area contributed by atoms with Crippen molar-refractivity contribution in [3.05, 3.63) is 0 Å². The zero-order valence-electron chi connectivity index (χ0n) is 5.30. The summed E-state index contributed by atoms with van der Waals surface area (Å²) in [6, 6.07) is 0. The first-order valence-electron chi connectivity index (χ1n) is 2.26. The monoisotopic (exact) mass is 174 g/mol. The van der Waals surface area contributed by atoms with Crippen LogP contribution >= 0.6 is 0 Å². The SMILES string of the molecule is CC(O)CO.O=S(=O)(O)O. The fourth-order valence-electron chi connectivity index (χ4n) is 0. The number of aliphatic hydroxyl groups excluding tert-OH is 2. The van der Waals surface area contributed by atoms with Gasteiger partial charge in [-0.3, -0.25) is 9.11 Å². The normalized spacial score (nSPS) is 13.3. The van der Waals surface area contributed by atoms with Gasteiger partial charge in [-0.05, 0) is 6.92 Å². The predicted octanol–water partition coefficient (Wildman–Crippen LogP) is -1.29. The van der Waals surface area contributed by atoms with E-state index in [0.29, 0.717) is 0 Å². The van der Waals surface area contributed by atoms with Crippen molar-refractivity contribution in [2.24, 2.45) is 0 Å². The van der Waals surface area contributed by atoms with Gasteiger partial charge in [0.15, 0.2) is 0 Å². The molecule has 0 radical (unpaired) electrons. The third-order valence-corrected chi connectivity index (χ3v) is 0.264.